The predicted molar refractivity (Wildman–Crippen MR) is 115 cm³/mol. The van der Waals surface area contributed by atoms with E-state index in [-0.39, 0.29) is 11.8 Å². The molecule has 3 rings (SSSR count). The van der Waals surface area contributed by atoms with Gasteiger partial charge in [-0.15, -0.1) is 0 Å². The number of likely N-dealkylation sites (N-methyl/N-ethyl adjacent to an activating group) is 1. The molecule has 0 unspecified atom stereocenters. The minimum absolute atomic E-state index is 0.191. The van der Waals surface area contributed by atoms with Crippen molar-refractivity contribution in [2.24, 2.45) is 5.92 Å². The van der Waals surface area contributed by atoms with Crippen molar-refractivity contribution in [1.82, 2.24) is 14.8 Å². The minimum atomic E-state index is 0.191. The number of likely N-dealkylation sites (tertiary alicyclic amines) is 1. The number of hydrogen-bond acceptors (Lipinski definition) is 3. The third-order valence-electron chi connectivity index (χ3n) is 6.26. The Labute approximate surface area is 175 Å². The number of pyridine rings is 1. The summed E-state index contributed by atoms with van der Waals surface area (Å²) in [5, 5.41) is 0. The van der Waals surface area contributed by atoms with Crippen LogP contribution in [0.3, 0.4) is 0 Å². The van der Waals surface area contributed by atoms with Gasteiger partial charge in [0.05, 0.1) is 0 Å². The van der Waals surface area contributed by atoms with E-state index in [4.69, 9.17) is 0 Å². The Hall–Kier alpha value is -2.17. The summed E-state index contributed by atoms with van der Waals surface area (Å²) in [5.74, 6) is 0.916. The van der Waals surface area contributed by atoms with Gasteiger partial charge < -0.3 is 9.80 Å². The number of hydrogen-bond donors (Lipinski definition) is 0. The zero-order valence-electron chi connectivity index (χ0n) is 17.8. The van der Waals surface area contributed by atoms with Crippen LogP contribution in [0, 0.1) is 5.92 Å². The lowest BCUT2D eigenvalue weighted by atomic mass is 9.92. The standard InChI is InChI=1S/C24H35N3O2/c1-26(17-14-22-11-5-6-15-25-22)23(28)13-12-21-10-7-16-27(19-21)24(29)18-20-8-3-2-4-9-20/h5-6,8,11,15,21H,2-4,7,9-10,12-14,16-19H2,1H3/t21-/m0/s1. The maximum absolute atomic E-state index is 12.7. The molecule has 0 bridgehead atoms. The molecular formula is C24H35N3O2. The number of carbonyl (C=O) groups excluding carboxylic acids is 2. The zero-order valence-corrected chi connectivity index (χ0v) is 17.8. The highest BCUT2D eigenvalue weighted by Crippen LogP contribution is 2.25. The lowest BCUT2D eigenvalue weighted by Crippen LogP contribution is -2.40. The van der Waals surface area contributed by atoms with Gasteiger partial charge >= 0.3 is 0 Å². The molecule has 0 radical (unpaired) electrons. The number of carbonyl (C=O) groups is 2. The Morgan fingerprint density at radius 1 is 1.24 bits per heavy atom. The van der Waals surface area contributed by atoms with Crippen LogP contribution in [0.5, 0.6) is 0 Å². The maximum Gasteiger partial charge on any atom is 0.226 e. The lowest BCUT2D eigenvalue weighted by Gasteiger charge is -2.33. The number of nitrogens with zero attached hydrogens (tertiary/aromatic N) is 3. The van der Waals surface area contributed by atoms with Gasteiger partial charge in [-0.2, -0.15) is 0 Å². The van der Waals surface area contributed by atoms with Gasteiger partial charge in [-0.3, -0.25) is 14.6 Å². The predicted octanol–water partition coefficient (Wildman–Crippen LogP) is 3.99. The van der Waals surface area contributed by atoms with Crippen molar-refractivity contribution < 1.29 is 9.59 Å². The largest absolute Gasteiger partial charge is 0.345 e. The zero-order chi connectivity index (χ0) is 20.5. The normalized spacial score (nSPS) is 19.6. The van der Waals surface area contributed by atoms with Gasteiger partial charge in [-0.25, -0.2) is 0 Å². The first-order valence-electron chi connectivity index (χ1n) is 11.2. The summed E-state index contributed by atoms with van der Waals surface area (Å²) in [7, 11) is 1.87. The second kappa shape index (κ2) is 11.1. The number of aromatic nitrogens is 1. The van der Waals surface area contributed by atoms with Gasteiger partial charge in [0.2, 0.25) is 11.8 Å². The molecule has 1 atom stereocenters. The molecule has 1 fully saturated rings. The summed E-state index contributed by atoms with van der Waals surface area (Å²) in [6.07, 6.45) is 13.7. The molecule has 1 aromatic heterocycles. The average Bonchev–Trinajstić information content (AvgIpc) is 2.77. The van der Waals surface area contributed by atoms with Crippen molar-refractivity contribution >= 4 is 11.8 Å². The quantitative estimate of drug-likeness (QED) is 0.623. The first-order valence-corrected chi connectivity index (χ1v) is 11.2. The van der Waals surface area contributed by atoms with E-state index in [2.05, 4.69) is 11.1 Å². The highest BCUT2D eigenvalue weighted by Gasteiger charge is 2.25. The van der Waals surface area contributed by atoms with Crippen LogP contribution in [-0.4, -0.2) is 53.3 Å². The van der Waals surface area contributed by atoms with Gasteiger partial charge in [-0.05, 0) is 63.0 Å². The molecular weight excluding hydrogens is 362 g/mol. The van der Waals surface area contributed by atoms with Gasteiger partial charge in [0.15, 0.2) is 0 Å². The van der Waals surface area contributed by atoms with E-state index in [0.717, 1.165) is 57.3 Å². The molecule has 2 heterocycles. The number of piperidine rings is 1. The van der Waals surface area contributed by atoms with E-state index < -0.39 is 0 Å². The molecule has 5 heteroatoms. The number of rotatable bonds is 8. The van der Waals surface area contributed by atoms with E-state index >= 15 is 0 Å². The molecule has 0 spiro atoms. The Morgan fingerprint density at radius 2 is 2.14 bits per heavy atom. The van der Waals surface area contributed by atoms with Gasteiger partial charge in [0.25, 0.3) is 0 Å². The first-order chi connectivity index (χ1) is 14.1. The fourth-order valence-electron chi connectivity index (χ4n) is 4.37. The summed E-state index contributed by atoms with van der Waals surface area (Å²) >= 11 is 0. The van der Waals surface area contributed by atoms with Crippen LogP contribution in [0.15, 0.2) is 36.0 Å². The van der Waals surface area contributed by atoms with Crippen molar-refractivity contribution in [3.05, 3.63) is 41.7 Å². The van der Waals surface area contributed by atoms with E-state index in [1.165, 1.54) is 18.4 Å². The van der Waals surface area contributed by atoms with Crippen LogP contribution in [0.2, 0.25) is 0 Å². The molecule has 0 saturated carbocycles. The molecule has 2 aliphatic rings. The summed E-state index contributed by atoms with van der Waals surface area (Å²) in [6, 6.07) is 5.88. The van der Waals surface area contributed by atoms with E-state index in [1.54, 1.807) is 6.20 Å². The van der Waals surface area contributed by atoms with E-state index in [1.807, 2.05) is 35.0 Å². The smallest absolute Gasteiger partial charge is 0.226 e. The SMILES string of the molecule is CN(CCc1ccccn1)C(=O)CC[C@@H]1CCCN(C(=O)CC2=CCCCC2)C1. The third-order valence-corrected chi connectivity index (χ3v) is 6.26. The molecule has 158 valence electrons. The number of allylic oxidation sites excluding steroid dienone is 1. The summed E-state index contributed by atoms with van der Waals surface area (Å²) < 4.78 is 0. The molecule has 0 N–H and O–H groups in total. The van der Waals surface area contributed by atoms with Crippen LogP contribution >= 0.6 is 0 Å². The molecule has 1 aromatic rings. The monoisotopic (exact) mass is 397 g/mol. The molecule has 1 aliphatic heterocycles. The second-order valence-electron chi connectivity index (χ2n) is 8.56. The van der Waals surface area contributed by atoms with Crippen molar-refractivity contribution in [3.8, 4) is 0 Å². The molecule has 29 heavy (non-hydrogen) atoms. The molecule has 0 aromatic carbocycles. The highest BCUT2D eigenvalue weighted by molar-refractivity contribution is 5.79. The summed E-state index contributed by atoms with van der Waals surface area (Å²) in [6.45, 7) is 2.39. The Balaban J connectivity index is 1.38. The minimum Gasteiger partial charge on any atom is -0.345 e. The van der Waals surface area contributed by atoms with Crippen LogP contribution in [0.1, 0.15) is 63.5 Å². The molecule has 1 aliphatic carbocycles. The van der Waals surface area contributed by atoms with Crippen LogP contribution in [0.4, 0.5) is 0 Å². The van der Waals surface area contributed by atoms with Crippen LogP contribution in [-0.2, 0) is 16.0 Å². The maximum atomic E-state index is 12.7. The van der Waals surface area contributed by atoms with Gasteiger partial charge in [0, 0.05) is 57.8 Å². The Bertz CT molecular complexity index is 701. The van der Waals surface area contributed by atoms with E-state index in [0.29, 0.717) is 25.3 Å². The molecule has 2 amide bonds. The fraction of sp³-hybridized carbons (Fsp3) is 0.625. The highest BCUT2D eigenvalue weighted by atomic mass is 16.2. The molecule has 1 saturated heterocycles. The van der Waals surface area contributed by atoms with Crippen LogP contribution < -0.4 is 0 Å². The van der Waals surface area contributed by atoms with Crippen molar-refractivity contribution in [2.75, 3.05) is 26.7 Å². The van der Waals surface area contributed by atoms with Crippen molar-refractivity contribution in [3.63, 3.8) is 0 Å². The van der Waals surface area contributed by atoms with Crippen LogP contribution in [0.25, 0.3) is 0 Å². The van der Waals surface area contributed by atoms with E-state index in [9.17, 15) is 9.59 Å². The Kier molecular flexibility index (Phi) is 8.26. The molecule has 5 nitrogen and oxygen atoms in total. The topological polar surface area (TPSA) is 53.5 Å². The Morgan fingerprint density at radius 3 is 2.90 bits per heavy atom. The lowest BCUT2D eigenvalue weighted by molar-refractivity contribution is -0.132. The first kappa shape index (κ1) is 21.5. The summed E-state index contributed by atoms with van der Waals surface area (Å²) in [5.41, 5.74) is 2.34. The van der Waals surface area contributed by atoms with Gasteiger partial charge in [-0.1, -0.05) is 17.7 Å². The fourth-order valence-corrected chi connectivity index (χ4v) is 4.37. The second-order valence-corrected chi connectivity index (χ2v) is 8.56. The van der Waals surface area contributed by atoms with Gasteiger partial charge in [0.1, 0.15) is 0 Å². The summed E-state index contributed by atoms with van der Waals surface area (Å²) in [4.78, 5) is 33.4. The number of amides is 2. The third kappa shape index (κ3) is 6.98. The average molecular weight is 398 g/mol. The van der Waals surface area contributed by atoms with Crippen molar-refractivity contribution in [1.29, 1.82) is 0 Å². The van der Waals surface area contributed by atoms with Crippen molar-refractivity contribution in [2.45, 2.75) is 64.2 Å².